The highest BCUT2D eigenvalue weighted by Gasteiger charge is 2.07. The third kappa shape index (κ3) is 5.17. The average molecular weight is 381 g/mol. The molecule has 0 fully saturated rings. The lowest BCUT2D eigenvalue weighted by atomic mass is 10.1. The SMILES string of the molecule is COc1ccc(OC)c(CCNC(=O)CSc2ccc3ccccc3c2)c1. The van der Waals surface area contributed by atoms with Crippen molar-refractivity contribution >= 4 is 28.4 Å². The molecule has 27 heavy (non-hydrogen) atoms. The second kappa shape index (κ2) is 9.33. The fourth-order valence-electron chi connectivity index (χ4n) is 2.87. The molecule has 3 rings (SSSR count). The van der Waals surface area contributed by atoms with Crippen LogP contribution in [0, 0.1) is 0 Å². The van der Waals surface area contributed by atoms with Crippen LogP contribution < -0.4 is 14.8 Å². The molecule has 0 saturated carbocycles. The van der Waals surface area contributed by atoms with Crippen LogP contribution in [0.4, 0.5) is 0 Å². The number of hydrogen-bond acceptors (Lipinski definition) is 4. The Kier molecular flexibility index (Phi) is 6.60. The summed E-state index contributed by atoms with van der Waals surface area (Å²) in [6.07, 6.45) is 0.687. The number of ether oxygens (including phenoxy) is 2. The van der Waals surface area contributed by atoms with Gasteiger partial charge in [0.1, 0.15) is 11.5 Å². The van der Waals surface area contributed by atoms with Gasteiger partial charge in [0.05, 0.1) is 20.0 Å². The van der Waals surface area contributed by atoms with Gasteiger partial charge in [-0.05, 0) is 53.1 Å². The first-order chi connectivity index (χ1) is 13.2. The van der Waals surface area contributed by atoms with E-state index in [2.05, 4.69) is 35.6 Å². The standard InChI is InChI=1S/C22H23NO3S/c1-25-19-8-10-21(26-2)18(13-19)11-12-23-22(24)15-27-20-9-7-16-5-3-4-6-17(16)14-20/h3-10,13-14H,11-12,15H2,1-2H3,(H,23,24). The molecule has 0 heterocycles. The van der Waals surface area contributed by atoms with Crippen LogP contribution in [0.5, 0.6) is 11.5 Å². The topological polar surface area (TPSA) is 47.6 Å². The van der Waals surface area contributed by atoms with Crippen LogP contribution in [0.1, 0.15) is 5.56 Å². The molecule has 0 aliphatic heterocycles. The minimum atomic E-state index is 0.0232. The largest absolute Gasteiger partial charge is 0.497 e. The van der Waals surface area contributed by atoms with E-state index in [-0.39, 0.29) is 5.91 Å². The van der Waals surface area contributed by atoms with Crippen molar-refractivity contribution in [2.75, 3.05) is 26.5 Å². The van der Waals surface area contributed by atoms with Gasteiger partial charge in [-0.3, -0.25) is 4.79 Å². The maximum Gasteiger partial charge on any atom is 0.230 e. The highest BCUT2D eigenvalue weighted by atomic mass is 32.2. The van der Waals surface area contributed by atoms with E-state index in [1.54, 1.807) is 26.0 Å². The zero-order valence-electron chi connectivity index (χ0n) is 15.5. The van der Waals surface area contributed by atoms with Gasteiger partial charge in [-0.25, -0.2) is 0 Å². The van der Waals surface area contributed by atoms with E-state index in [4.69, 9.17) is 9.47 Å². The molecule has 3 aromatic carbocycles. The van der Waals surface area contributed by atoms with Crippen LogP contribution in [0.15, 0.2) is 65.6 Å². The van der Waals surface area contributed by atoms with Gasteiger partial charge in [0.2, 0.25) is 5.91 Å². The van der Waals surface area contributed by atoms with Gasteiger partial charge in [-0.15, -0.1) is 11.8 Å². The van der Waals surface area contributed by atoms with Gasteiger partial charge in [0.15, 0.2) is 0 Å². The van der Waals surface area contributed by atoms with E-state index in [0.717, 1.165) is 22.0 Å². The fraction of sp³-hybridized carbons (Fsp3) is 0.227. The third-order valence-electron chi connectivity index (χ3n) is 4.29. The second-order valence-electron chi connectivity index (χ2n) is 6.08. The first-order valence-corrected chi connectivity index (χ1v) is 9.77. The van der Waals surface area contributed by atoms with Crippen LogP contribution >= 0.6 is 11.8 Å². The molecule has 4 nitrogen and oxygen atoms in total. The minimum Gasteiger partial charge on any atom is -0.497 e. The lowest BCUT2D eigenvalue weighted by molar-refractivity contribution is -0.118. The Hall–Kier alpha value is -2.66. The number of carbonyl (C=O) groups excluding carboxylic acids is 1. The summed E-state index contributed by atoms with van der Waals surface area (Å²) in [5, 5.41) is 5.37. The molecule has 0 aromatic heterocycles. The summed E-state index contributed by atoms with van der Waals surface area (Å²) in [5.41, 5.74) is 1.01. The Morgan fingerprint density at radius 2 is 1.78 bits per heavy atom. The monoisotopic (exact) mass is 381 g/mol. The van der Waals surface area contributed by atoms with E-state index in [9.17, 15) is 4.79 Å². The zero-order chi connectivity index (χ0) is 19.1. The Morgan fingerprint density at radius 3 is 2.56 bits per heavy atom. The highest BCUT2D eigenvalue weighted by Crippen LogP contribution is 2.25. The van der Waals surface area contributed by atoms with E-state index in [0.29, 0.717) is 18.7 Å². The first kappa shape index (κ1) is 19.1. The number of amides is 1. The fourth-order valence-corrected chi connectivity index (χ4v) is 3.65. The Bertz CT molecular complexity index is 926. The predicted octanol–water partition coefficient (Wildman–Crippen LogP) is 4.31. The van der Waals surface area contributed by atoms with E-state index >= 15 is 0 Å². The predicted molar refractivity (Wildman–Crippen MR) is 111 cm³/mol. The molecule has 140 valence electrons. The normalized spacial score (nSPS) is 10.6. The Labute approximate surface area is 163 Å². The summed E-state index contributed by atoms with van der Waals surface area (Å²) in [6, 6.07) is 20.2. The number of hydrogen-bond donors (Lipinski definition) is 1. The van der Waals surface area contributed by atoms with Gasteiger partial charge in [-0.1, -0.05) is 30.3 Å². The van der Waals surface area contributed by atoms with Crippen LogP contribution in [0.3, 0.4) is 0 Å². The van der Waals surface area contributed by atoms with Crippen LogP contribution in [0.2, 0.25) is 0 Å². The van der Waals surface area contributed by atoms with E-state index in [1.165, 1.54) is 10.8 Å². The van der Waals surface area contributed by atoms with E-state index in [1.807, 2.05) is 30.3 Å². The lowest BCUT2D eigenvalue weighted by Gasteiger charge is -2.11. The highest BCUT2D eigenvalue weighted by molar-refractivity contribution is 8.00. The number of benzene rings is 3. The van der Waals surface area contributed by atoms with Crippen molar-refractivity contribution in [3.63, 3.8) is 0 Å². The molecule has 5 heteroatoms. The number of thioether (sulfide) groups is 1. The van der Waals surface area contributed by atoms with Gasteiger partial charge in [-0.2, -0.15) is 0 Å². The summed E-state index contributed by atoms with van der Waals surface area (Å²) in [5.74, 6) is 2.00. The number of rotatable bonds is 8. The molecular formula is C22H23NO3S. The first-order valence-electron chi connectivity index (χ1n) is 8.79. The van der Waals surface area contributed by atoms with Crippen molar-refractivity contribution in [3.8, 4) is 11.5 Å². The molecule has 0 spiro atoms. The molecular weight excluding hydrogens is 358 g/mol. The van der Waals surface area contributed by atoms with Gasteiger partial charge in [0, 0.05) is 11.4 Å². The second-order valence-corrected chi connectivity index (χ2v) is 7.12. The summed E-state index contributed by atoms with van der Waals surface area (Å²) in [6.45, 7) is 0.556. The summed E-state index contributed by atoms with van der Waals surface area (Å²) < 4.78 is 10.6. The summed E-state index contributed by atoms with van der Waals surface area (Å²) >= 11 is 1.55. The molecule has 0 aliphatic carbocycles. The molecule has 0 bridgehead atoms. The molecule has 1 amide bonds. The van der Waals surface area contributed by atoms with Crippen LogP contribution in [0.25, 0.3) is 10.8 Å². The minimum absolute atomic E-state index is 0.0232. The van der Waals surface area contributed by atoms with Gasteiger partial charge in [0.25, 0.3) is 0 Å². The summed E-state index contributed by atoms with van der Waals surface area (Å²) in [7, 11) is 3.28. The van der Waals surface area contributed by atoms with Crippen molar-refractivity contribution in [3.05, 3.63) is 66.2 Å². The van der Waals surface area contributed by atoms with Crippen molar-refractivity contribution in [1.29, 1.82) is 0 Å². The Balaban J connectivity index is 1.49. The van der Waals surface area contributed by atoms with Gasteiger partial charge < -0.3 is 14.8 Å². The average Bonchev–Trinajstić information content (AvgIpc) is 2.72. The molecule has 0 aliphatic rings. The van der Waals surface area contributed by atoms with Crippen molar-refractivity contribution < 1.29 is 14.3 Å². The smallest absolute Gasteiger partial charge is 0.230 e. The third-order valence-corrected chi connectivity index (χ3v) is 5.29. The lowest BCUT2D eigenvalue weighted by Crippen LogP contribution is -2.27. The number of fused-ring (bicyclic) bond motifs is 1. The van der Waals surface area contributed by atoms with Crippen molar-refractivity contribution in [2.24, 2.45) is 0 Å². The van der Waals surface area contributed by atoms with E-state index < -0.39 is 0 Å². The number of methoxy groups -OCH3 is 2. The maximum atomic E-state index is 12.2. The Morgan fingerprint density at radius 1 is 0.963 bits per heavy atom. The maximum absolute atomic E-state index is 12.2. The van der Waals surface area contributed by atoms with Crippen LogP contribution in [-0.2, 0) is 11.2 Å². The quantitative estimate of drug-likeness (QED) is 0.591. The molecule has 0 saturated heterocycles. The molecule has 3 aromatic rings. The zero-order valence-corrected chi connectivity index (χ0v) is 16.3. The van der Waals surface area contributed by atoms with Crippen molar-refractivity contribution in [1.82, 2.24) is 5.32 Å². The van der Waals surface area contributed by atoms with Crippen molar-refractivity contribution in [2.45, 2.75) is 11.3 Å². The van der Waals surface area contributed by atoms with Gasteiger partial charge >= 0.3 is 0 Å². The number of carbonyl (C=O) groups is 1. The van der Waals surface area contributed by atoms with Crippen LogP contribution in [-0.4, -0.2) is 32.4 Å². The number of nitrogens with one attached hydrogen (secondary N) is 1. The molecule has 0 atom stereocenters. The summed E-state index contributed by atoms with van der Waals surface area (Å²) in [4.78, 5) is 13.3. The molecule has 0 unspecified atom stereocenters. The molecule has 1 N–H and O–H groups in total. The molecule has 0 radical (unpaired) electrons.